The molecule has 0 aliphatic carbocycles. The van der Waals surface area contributed by atoms with Crippen LogP contribution in [0.4, 0.5) is 4.79 Å². The molecule has 1 fully saturated rings. The van der Waals surface area contributed by atoms with Crippen LogP contribution < -0.4 is 20.9 Å². The lowest BCUT2D eigenvalue weighted by atomic mass is 10.2. The summed E-state index contributed by atoms with van der Waals surface area (Å²) in [6, 6.07) is 25.6. The second-order valence-corrected chi connectivity index (χ2v) is 13.5. The standard InChI is InChI=1S/C36H38N3O13P/c1-24(33(41)49-25(2)34(42)46-21-26-12-6-3-7-13-26)38-53(45,52-28-16-10-5-11-17-28)48-23-30-29(51-36(44)47-22-27-14-8-4-9-15-27)20-32(50-30)39-19-18-31(40)37-35(39)43/h3-19,24-25,29-30,32H,20-23H2,1-2H3,(H,38,45)(H,37,40,43)/t24-,25-,29+,30+,32+,53-/m0/s1. The van der Waals surface area contributed by atoms with E-state index in [2.05, 4.69) is 10.1 Å². The molecule has 1 saturated heterocycles. The third kappa shape index (κ3) is 11.5. The topological polar surface area (TPSA) is 200 Å². The van der Waals surface area contributed by atoms with Crippen LogP contribution in [0.25, 0.3) is 0 Å². The third-order valence-corrected chi connectivity index (χ3v) is 9.36. The highest BCUT2D eigenvalue weighted by Crippen LogP contribution is 2.46. The van der Waals surface area contributed by atoms with Crippen LogP contribution in [0.1, 0.15) is 37.6 Å². The monoisotopic (exact) mass is 751 g/mol. The fourth-order valence-electron chi connectivity index (χ4n) is 5.02. The maximum Gasteiger partial charge on any atom is 0.508 e. The Morgan fingerprint density at radius 3 is 2.09 bits per heavy atom. The quantitative estimate of drug-likeness (QED) is 0.0927. The van der Waals surface area contributed by atoms with E-state index in [0.29, 0.717) is 5.56 Å². The molecule has 1 aliphatic heterocycles. The van der Waals surface area contributed by atoms with Crippen molar-refractivity contribution in [3.8, 4) is 5.75 Å². The normalized spacial score (nSPS) is 18.9. The molecule has 3 aromatic carbocycles. The highest BCUT2D eigenvalue weighted by Gasteiger charge is 2.43. The summed E-state index contributed by atoms with van der Waals surface area (Å²) in [6.45, 7) is 2.00. The number of carbonyl (C=O) groups is 3. The van der Waals surface area contributed by atoms with E-state index in [1.165, 1.54) is 32.2 Å². The first-order chi connectivity index (χ1) is 25.5. The first-order valence-corrected chi connectivity index (χ1v) is 18.0. The van der Waals surface area contributed by atoms with Gasteiger partial charge >= 0.3 is 31.5 Å². The lowest BCUT2D eigenvalue weighted by Gasteiger charge is -2.25. The molecule has 2 heterocycles. The average molecular weight is 752 g/mol. The van der Waals surface area contributed by atoms with Crippen molar-refractivity contribution in [1.82, 2.24) is 14.6 Å². The summed E-state index contributed by atoms with van der Waals surface area (Å²) in [6.07, 6.45) is -4.51. The van der Waals surface area contributed by atoms with Gasteiger partial charge in [0, 0.05) is 18.7 Å². The van der Waals surface area contributed by atoms with Crippen LogP contribution in [-0.4, -0.2) is 58.6 Å². The number of ether oxygens (including phenoxy) is 5. The molecule has 0 spiro atoms. The van der Waals surface area contributed by atoms with Crippen molar-refractivity contribution in [1.29, 1.82) is 0 Å². The molecule has 0 bridgehead atoms. The summed E-state index contributed by atoms with van der Waals surface area (Å²) in [5.41, 5.74) is 0.0452. The Morgan fingerprint density at radius 1 is 0.868 bits per heavy atom. The zero-order valence-electron chi connectivity index (χ0n) is 28.7. The zero-order chi connectivity index (χ0) is 37.8. The Kier molecular flexibility index (Phi) is 13.3. The molecule has 16 nitrogen and oxygen atoms in total. The van der Waals surface area contributed by atoms with Gasteiger partial charge in [0.05, 0.1) is 6.61 Å². The number of hydrogen-bond acceptors (Lipinski definition) is 13. The second kappa shape index (κ2) is 18.3. The number of nitrogens with zero attached hydrogens (tertiary/aromatic N) is 1. The third-order valence-electron chi connectivity index (χ3n) is 7.72. The molecule has 0 unspecified atom stereocenters. The van der Waals surface area contributed by atoms with Crippen LogP contribution in [0.3, 0.4) is 0 Å². The summed E-state index contributed by atoms with van der Waals surface area (Å²) in [5, 5.41) is 2.52. The highest BCUT2D eigenvalue weighted by atomic mass is 31.2. The molecule has 0 radical (unpaired) electrons. The van der Waals surface area contributed by atoms with Crippen molar-refractivity contribution in [2.45, 2.75) is 64.1 Å². The molecule has 0 saturated carbocycles. The van der Waals surface area contributed by atoms with E-state index < -0.39 is 74.3 Å². The number of rotatable bonds is 16. The lowest BCUT2D eigenvalue weighted by molar-refractivity contribution is -0.168. The summed E-state index contributed by atoms with van der Waals surface area (Å²) >= 11 is 0. The first kappa shape index (κ1) is 38.7. The number of para-hydroxylation sites is 1. The van der Waals surface area contributed by atoms with E-state index in [1.807, 2.05) is 12.1 Å². The Hall–Kier alpha value is -5.54. The molecule has 53 heavy (non-hydrogen) atoms. The number of benzene rings is 3. The maximum absolute atomic E-state index is 14.2. The molecule has 280 valence electrons. The van der Waals surface area contributed by atoms with E-state index in [-0.39, 0.29) is 25.4 Å². The summed E-state index contributed by atoms with van der Waals surface area (Å²) in [5.74, 6) is -1.65. The smallest absolute Gasteiger partial charge is 0.458 e. The number of H-pyrrole nitrogens is 1. The molecule has 6 atom stereocenters. The second-order valence-electron chi connectivity index (χ2n) is 11.8. The number of hydrogen-bond donors (Lipinski definition) is 2. The van der Waals surface area contributed by atoms with Gasteiger partial charge in [-0.2, -0.15) is 5.09 Å². The van der Waals surface area contributed by atoms with Crippen LogP contribution >= 0.6 is 7.75 Å². The summed E-state index contributed by atoms with van der Waals surface area (Å²) in [4.78, 5) is 64.7. The predicted molar refractivity (Wildman–Crippen MR) is 186 cm³/mol. The minimum absolute atomic E-state index is 0.0281. The van der Waals surface area contributed by atoms with Gasteiger partial charge in [0.15, 0.2) is 6.10 Å². The molecule has 1 aliphatic rings. The van der Waals surface area contributed by atoms with Gasteiger partial charge in [-0.15, -0.1) is 0 Å². The largest absolute Gasteiger partial charge is 0.508 e. The number of nitrogens with one attached hydrogen (secondary N) is 2. The van der Waals surface area contributed by atoms with E-state index >= 15 is 0 Å². The van der Waals surface area contributed by atoms with Gasteiger partial charge in [-0.25, -0.2) is 18.9 Å². The maximum atomic E-state index is 14.2. The molecule has 2 N–H and O–H groups in total. The fourth-order valence-corrected chi connectivity index (χ4v) is 6.52. The van der Waals surface area contributed by atoms with E-state index in [0.717, 1.165) is 16.2 Å². The summed E-state index contributed by atoms with van der Waals surface area (Å²) < 4.78 is 54.1. The van der Waals surface area contributed by atoms with Crippen molar-refractivity contribution >= 4 is 25.8 Å². The van der Waals surface area contributed by atoms with Crippen LogP contribution in [0.5, 0.6) is 5.75 Å². The number of carbonyl (C=O) groups excluding carboxylic acids is 3. The number of aromatic nitrogens is 2. The number of aromatic amines is 1. The first-order valence-electron chi connectivity index (χ1n) is 16.5. The predicted octanol–water partition coefficient (Wildman–Crippen LogP) is 4.40. The molecular weight excluding hydrogens is 713 g/mol. The fraction of sp³-hybridized carbons (Fsp3) is 0.306. The van der Waals surface area contributed by atoms with Crippen LogP contribution in [0, 0.1) is 0 Å². The number of esters is 2. The van der Waals surface area contributed by atoms with Gasteiger partial charge < -0.3 is 28.2 Å². The molecule has 17 heteroatoms. The molecule has 4 aromatic rings. The minimum Gasteiger partial charge on any atom is -0.458 e. The minimum atomic E-state index is -4.48. The van der Waals surface area contributed by atoms with Crippen molar-refractivity contribution in [3.05, 3.63) is 135 Å². The van der Waals surface area contributed by atoms with Gasteiger partial charge in [0.25, 0.3) is 5.56 Å². The van der Waals surface area contributed by atoms with E-state index in [1.54, 1.807) is 66.7 Å². The van der Waals surface area contributed by atoms with Gasteiger partial charge in [0.1, 0.15) is 43.4 Å². The van der Waals surface area contributed by atoms with Gasteiger partial charge in [-0.3, -0.25) is 23.7 Å². The van der Waals surface area contributed by atoms with Crippen molar-refractivity contribution in [3.63, 3.8) is 0 Å². The molecule has 5 rings (SSSR count). The van der Waals surface area contributed by atoms with Crippen molar-refractivity contribution < 1.29 is 51.7 Å². The van der Waals surface area contributed by atoms with Gasteiger partial charge in [-0.05, 0) is 37.1 Å². The van der Waals surface area contributed by atoms with Crippen LogP contribution in [0.15, 0.2) is 113 Å². The Labute approximate surface area is 303 Å². The average Bonchev–Trinajstić information content (AvgIpc) is 3.55. The van der Waals surface area contributed by atoms with Gasteiger partial charge in [0.2, 0.25) is 0 Å². The highest BCUT2D eigenvalue weighted by molar-refractivity contribution is 7.52. The molecule has 0 amide bonds. The Balaban J connectivity index is 1.27. The van der Waals surface area contributed by atoms with E-state index in [4.69, 9.17) is 32.7 Å². The Morgan fingerprint density at radius 2 is 1.47 bits per heavy atom. The van der Waals surface area contributed by atoms with Crippen LogP contribution in [0.2, 0.25) is 0 Å². The summed E-state index contributed by atoms with van der Waals surface area (Å²) in [7, 11) is -4.48. The SMILES string of the molecule is C[C@H](N[P@](=O)(OC[C@H]1O[C@@H](n2ccc(=O)[nH]c2=O)C[C@H]1OC(=O)OCc1ccccc1)Oc1ccccc1)C(=O)O[C@@H](C)C(=O)OCc1ccccc1. The van der Waals surface area contributed by atoms with Gasteiger partial charge in [-0.1, -0.05) is 78.9 Å². The van der Waals surface area contributed by atoms with Crippen LogP contribution in [-0.2, 0) is 55.6 Å². The zero-order valence-corrected chi connectivity index (χ0v) is 29.6. The molecular formula is C36H38N3O13P. The lowest BCUT2D eigenvalue weighted by Crippen LogP contribution is -2.39. The molecule has 1 aromatic heterocycles. The van der Waals surface area contributed by atoms with Crippen molar-refractivity contribution in [2.24, 2.45) is 0 Å². The Bertz CT molecular complexity index is 1990. The van der Waals surface area contributed by atoms with E-state index in [9.17, 15) is 28.5 Å². The van der Waals surface area contributed by atoms with Crippen molar-refractivity contribution in [2.75, 3.05) is 6.61 Å².